The third-order valence-electron chi connectivity index (χ3n) is 3.17. The van der Waals surface area contributed by atoms with Crippen LogP contribution in [0.15, 0.2) is 24.3 Å². The van der Waals surface area contributed by atoms with Crippen LogP contribution in [-0.4, -0.2) is 15.0 Å². The predicted octanol–water partition coefficient (Wildman–Crippen LogP) is 2.45. The second-order valence-electron chi connectivity index (χ2n) is 4.38. The molecule has 1 heterocycles. The standard InChI is InChI=1S/C13H15N3/c1-10-6-2-5-9-13(10)16-14-11-7-3-4-8-12(11)15-16/h2,5-6,9H,3-4,7-8H2,1H3. The molecule has 1 aliphatic rings. The number of para-hydroxylation sites is 1. The summed E-state index contributed by atoms with van der Waals surface area (Å²) in [7, 11) is 0. The van der Waals surface area contributed by atoms with Gasteiger partial charge in [0.1, 0.15) is 0 Å². The molecule has 0 saturated heterocycles. The van der Waals surface area contributed by atoms with E-state index in [1.165, 1.54) is 29.8 Å². The first-order valence-electron chi connectivity index (χ1n) is 5.86. The molecule has 16 heavy (non-hydrogen) atoms. The van der Waals surface area contributed by atoms with Crippen LogP contribution in [0.25, 0.3) is 5.69 Å². The van der Waals surface area contributed by atoms with Crippen LogP contribution < -0.4 is 0 Å². The van der Waals surface area contributed by atoms with Gasteiger partial charge < -0.3 is 0 Å². The van der Waals surface area contributed by atoms with Gasteiger partial charge in [0.2, 0.25) is 0 Å². The molecule has 0 radical (unpaired) electrons. The number of hydrogen-bond donors (Lipinski definition) is 0. The van der Waals surface area contributed by atoms with Gasteiger partial charge in [0.25, 0.3) is 0 Å². The molecule has 0 spiro atoms. The summed E-state index contributed by atoms with van der Waals surface area (Å²) in [5.74, 6) is 0. The molecular weight excluding hydrogens is 198 g/mol. The molecule has 3 heteroatoms. The van der Waals surface area contributed by atoms with E-state index in [0.717, 1.165) is 18.5 Å². The van der Waals surface area contributed by atoms with Crippen LogP contribution in [0.3, 0.4) is 0 Å². The Kier molecular flexibility index (Phi) is 2.24. The Hall–Kier alpha value is -1.64. The minimum Gasteiger partial charge on any atom is -0.153 e. The summed E-state index contributed by atoms with van der Waals surface area (Å²) in [6.07, 6.45) is 4.67. The number of fused-ring (bicyclic) bond motifs is 1. The zero-order chi connectivity index (χ0) is 11.0. The van der Waals surface area contributed by atoms with Crippen molar-refractivity contribution in [3.05, 3.63) is 41.2 Å². The van der Waals surface area contributed by atoms with Crippen LogP contribution in [0.5, 0.6) is 0 Å². The predicted molar refractivity (Wildman–Crippen MR) is 62.7 cm³/mol. The average molecular weight is 213 g/mol. The molecular formula is C13H15N3. The van der Waals surface area contributed by atoms with E-state index in [1.54, 1.807) is 4.80 Å². The molecule has 0 fully saturated rings. The lowest BCUT2D eigenvalue weighted by Gasteiger charge is -2.04. The fraction of sp³-hybridized carbons (Fsp3) is 0.385. The SMILES string of the molecule is Cc1ccccc1-n1nc2c(n1)CCCC2. The highest BCUT2D eigenvalue weighted by Crippen LogP contribution is 2.19. The zero-order valence-electron chi connectivity index (χ0n) is 9.48. The van der Waals surface area contributed by atoms with Crippen LogP contribution in [0.4, 0.5) is 0 Å². The maximum Gasteiger partial charge on any atom is 0.0885 e. The fourth-order valence-electron chi connectivity index (χ4n) is 2.24. The van der Waals surface area contributed by atoms with Crippen LogP contribution in [0.1, 0.15) is 29.8 Å². The topological polar surface area (TPSA) is 30.7 Å². The van der Waals surface area contributed by atoms with Gasteiger partial charge in [-0.3, -0.25) is 0 Å². The average Bonchev–Trinajstić information content (AvgIpc) is 2.73. The first kappa shape index (κ1) is 9.58. The minimum absolute atomic E-state index is 1.08. The lowest BCUT2D eigenvalue weighted by atomic mass is 10.0. The van der Waals surface area contributed by atoms with Crippen molar-refractivity contribution in [1.29, 1.82) is 0 Å². The first-order valence-corrected chi connectivity index (χ1v) is 5.86. The molecule has 0 amide bonds. The highest BCUT2D eigenvalue weighted by molar-refractivity contribution is 5.38. The van der Waals surface area contributed by atoms with E-state index in [9.17, 15) is 0 Å². The van der Waals surface area contributed by atoms with Crippen molar-refractivity contribution >= 4 is 0 Å². The Morgan fingerprint density at radius 3 is 2.25 bits per heavy atom. The van der Waals surface area contributed by atoms with Gasteiger partial charge in [-0.15, -0.1) is 0 Å². The highest BCUT2D eigenvalue weighted by Gasteiger charge is 2.16. The van der Waals surface area contributed by atoms with Gasteiger partial charge in [0.05, 0.1) is 17.1 Å². The van der Waals surface area contributed by atoms with E-state index in [2.05, 4.69) is 29.3 Å². The van der Waals surface area contributed by atoms with E-state index in [4.69, 9.17) is 0 Å². The summed E-state index contributed by atoms with van der Waals surface area (Å²) in [5.41, 5.74) is 4.69. The summed E-state index contributed by atoms with van der Waals surface area (Å²) in [4.78, 5) is 1.80. The monoisotopic (exact) mass is 213 g/mol. The van der Waals surface area contributed by atoms with E-state index in [1.807, 2.05) is 12.1 Å². The van der Waals surface area contributed by atoms with Gasteiger partial charge in [0.15, 0.2) is 0 Å². The fourth-order valence-corrected chi connectivity index (χ4v) is 2.24. The number of hydrogen-bond acceptors (Lipinski definition) is 2. The van der Waals surface area contributed by atoms with Gasteiger partial charge in [-0.25, -0.2) is 0 Å². The first-order chi connectivity index (χ1) is 7.84. The summed E-state index contributed by atoms with van der Waals surface area (Å²) in [6, 6.07) is 8.24. The highest BCUT2D eigenvalue weighted by atomic mass is 15.5. The number of aromatic nitrogens is 3. The zero-order valence-corrected chi connectivity index (χ0v) is 9.48. The van der Waals surface area contributed by atoms with Gasteiger partial charge in [-0.2, -0.15) is 15.0 Å². The van der Waals surface area contributed by atoms with Crippen molar-refractivity contribution in [3.8, 4) is 5.69 Å². The summed E-state index contributed by atoms with van der Waals surface area (Å²) in [6.45, 7) is 2.09. The lowest BCUT2D eigenvalue weighted by molar-refractivity contribution is 0.667. The number of nitrogens with zero attached hydrogens (tertiary/aromatic N) is 3. The Bertz CT molecular complexity index is 490. The lowest BCUT2D eigenvalue weighted by Crippen LogP contribution is -2.01. The van der Waals surface area contributed by atoms with Crippen LogP contribution in [-0.2, 0) is 12.8 Å². The second-order valence-corrected chi connectivity index (χ2v) is 4.38. The largest absolute Gasteiger partial charge is 0.153 e. The van der Waals surface area contributed by atoms with E-state index >= 15 is 0 Å². The maximum absolute atomic E-state index is 4.59. The van der Waals surface area contributed by atoms with E-state index in [-0.39, 0.29) is 0 Å². The van der Waals surface area contributed by atoms with Crippen molar-refractivity contribution in [3.63, 3.8) is 0 Å². The molecule has 82 valence electrons. The minimum atomic E-state index is 1.08. The van der Waals surface area contributed by atoms with Crippen molar-refractivity contribution in [1.82, 2.24) is 15.0 Å². The molecule has 0 saturated carbocycles. The van der Waals surface area contributed by atoms with Crippen molar-refractivity contribution in [2.24, 2.45) is 0 Å². The number of benzene rings is 1. The van der Waals surface area contributed by atoms with E-state index in [0.29, 0.717) is 0 Å². The summed E-state index contributed by atoms with van der Waals surface area (Å²) in [5, 5.41) is 9.17. The third kappa shape index (κ3) is 1.52. The van der Waals surface area contributed by atoms with Crippen LogP contribution in [0, 0.1) is 6.92 Å². The quantitative estimate of drug-likeness (QED) is 0.728. The molecule has 1 aliphatic carbocycles. The molecule has 0 N–H and O–H groups in total. The molecule has 1 aromatic carbocycles. The van der Waals surface area contributed by atoms with Gasteiger partial charge in [-0.05, 0) is 44.2 Å². The number of aryl methyl sites for hydroxylation is 3. The molecule has 0 aliphatic heterocycles. The van der Waals surface area contributed by atoms with Gasteiger partial charge in [-0.1, -0.05) is 18.2 Å². The normalized spacial score (nSPS) is 14.8. The van der Waals surface area contributed by atoms with Crippen molar-refractivity contribution < 1.29 is 0 Å². The smallest absolute Gasteiger partial charge is 0.0885 e. The third-order valence-corrected chi connectivity index (χ3v) is 3.17. The molecule has 2 aromatic rings. The van der Waals surface area contributed by atoms with Crippen molar-refractivity contribution in [2.45, 2.75) is 32.6 Å². The van der Waals surface area contributed by atoms with E-state index < -0.39 is 0 Å². The van der Waals surface area contributed by atoms with Crippen molar-refractivity contribution in [2.75, 3.05) is 0 Å². The molecule has 0 atom stereocenters. The number of rotatable bonds is 1. The van der Waals surface area contributed by atoms with Gasteiger partial charge >= 0.3 is 0 Å². The molecule has 0 bridgehead atoms. The Balaban J connectivity index is 2.07. The summed E-state index contributed by atoms with van der Waals surface area (Å²) < 4.78 is 0. The molecule has 3 rings (SSSR count). The molecule has 3 nitrogen and oxygen atoms in total. The van der Waals surface area contributed by atoms with Crippen LogP contribution >= 0.6 is 0 Å². The second kappa shape index (κ2) is 3.74. The Morgan fingerprint density at radius 1 is 1.00 bits per heavy atom. The summed E-state index contributed by atoms with van der Waals surface area (Å²) >= 11 is 0. The van der Waals surface area contributed by atoms with Gasteiger partial charge in [0, 0.05) is 0 Å². The maximum atomic E-state index is 4.59. The molecule has 0 unspecified atom stereocenters. The molecule has 1 aromatic heterocycles. The Morgan fingerprint density at radius 2 is 1.62 bits per heavy atom. The Labute approximate surface area is 95.1 Å². The van der Waals surface area contributed by atoms with Crippen LogP contribution in [0.2, 0.25) is 0 Å².